The maximum absolute atomic E-state index is 12.4. The van der Waals surface area contributed by atoms with Crippen LogP contribution in [0, 0.1) is 0 Å². The van der Waals surface area contributed by atoms with Crippen LogP contribution >= 0.6 is 0 Å². The van der Waals surface area contributed by atoms with Crippen LogP contribution in [0.25, 0.3) is 0 Å². The minimum Gasteiger partial charge on any atom is -0.479 e. The van der Waals surface area contributed by atoms with Crippen molar-refractivity contribution in [2.24, 2.45) is 0 Å². The third-order valence-electron chi connectivity index (χ3n) is 2.45. The standard InChI is InChI=1S/C14H17F3O3/c1-4-12(13(18)19-9(2)3)20-11-7-5-10(6-8-11)14(15,16)17/h5-9,12H,4H2,1-3H3. The van der Waals surface area contributed by atoms with Gasteiger partial charge in [0, 0.05) is 0 Å². The molecule has 112 valence electrons. The molecule has 0 radical (unpaired) electrons. The second kappa shape index (κ2) is 6.63. The van der Waals surface area contributed by atoms with Crippen LogP contribution in [0.2, 0.25) is 0 Å². The number of alkyl halides is 3. The zero-order valence-electron chi connectivity index (χ0n) is 11.5. The first-order chi connectivity index (χ1) is 9.24. The zero-order valence-corrected chi connectivity index (χ0v) is 11.5. The molecule has 0 amide bonds. The fourth-order valence-corrected chi connectivity index (χ4v) is 1.49. The lowest BCUT2D eigenvalue weighted by molar-refractivity contribution is -0.156. The summed E-state index contributed by atoms with van der Waals surface area (Å²) in [7, 11) is 0. The van der Waals surface area contributed by atoms with Crippen LogP contribution in [0.15, 0.2) is 24.3 Å². The van der Waals surface area contributed by atoms with E-state index in [1.165, 1.54) is 12.1 Å². The van der Waals surface area contributed by atoms with Gasteiger partial charge in [-0.2, -0.15) is 13.2 Å². The van der Waals surface area contributed by atoms with E-state index in [4.69, 9.17) is 9.47 Å². The molecule has 0 spiro atoms. The van der Waals surface area contributed by atoms with E-state index in [2.05, 4.69) is 0 Å². The van der Waals surface area contributed by atoms with Crippen molar-refractivity contribution in [3.05, 3.63) is 29.8 Å². The fraction of sp³-hybridized carbons (Fsp3) is 0.500. The van der Waals surface area contributed by atoms with E-state index >= 15 is 0 Å². The number of hydrogen-bond acceptors (Lipinski definition) is 3. The Morgan fingerprint density at radius 2 is 1.75 bits per heavy atom. The van der Waals surface area contributed by atoms with E-state index in [9.17, 15) is 18.0 Å². The number of ether oxygens (including phenoxy) is 2. The maximum atomic E-state index is 12.4. The molecule has 3 nitrogen and oxygen atoms in total. The maximum Gasteiger partial charge on any atom is 0.416 e. The predicted octanol–water partition coefficient (Wildman–Crippen LogP) is 3.81. The Morgan fingerprint density at radius 3 is 2.15 bits per heavy atom. The van der Waals surface area contributed by atoms with Crippen molar-refractivity contribution in [2.45, 2.75) is 45.6 Å². The molecule has 1 atom stereocenters. The lowest BCUT2D eigenvalue weighted by Crippen LogP contribution is -2.30. The van der Waals surface area contributed by atoms with Gasteiger partial charge in [0.15, 0.2) is 6.10 Å². The first-order valence-corrected chi connectivity index (χ1v) is 6.28. The van der Waals surface area contributed by atoms with E-state index in [1.54, 1.807) is 20.8 Å². The van der Waals surface area contributed by atoms with Crippen LogP contribution in [0.4, 0.5) is 13.2 Å². The minimum absolute atomic E-state index is 0.200. The molecule has 0 aliphatic carbocycles. The molecule has 1 aromatic rings. The second-order valence-corrected chi connectivity index (χ2v) is 4.52. The number of halogens is 3. The summed E-state index contributed by atoms with van der Waals surface area (Å²) < 4.78 is 47.6. The monoisotopic (exact) mass is 290 g/mol. The van der Waals surface area contributed by atoms with Crippen LogP contribution in [0.5, 0.6) is 5.75 Å². The van der Waals surface area contributed by atoms with Crippen LogP contribution in [-0.4, -0.2) is 18.2 Å². The van der Waals surface area contributed by atoms with Crippen molar-refractivity contribution in [3.8, 4) is 5.75 Å². The molecule has 0 aromatic heterocycles. The Hall–Kier alpha value is -1.72. The van der Waals surface area contributed by atoms with Gasteiger partial charge in [-0.1, -0.05) is 6.92 Å². The number of hydrogen-bond donors (Lipinski definition) is 0. The summed E-state index contributed by atoms with van der Waals surface area (Å²) >= 11 is 0. The number of esters is 1. The molecule has 0 saturated heterocycles. The zero-order chi connectivity index (χ0) is 15.3. The lowest BCUT2D eigenvalue weighted by Gasteiger charge is -2.18. The Labute approximate surface area is 115 Å². The Morgan fingerprint density at radius 1 is 1.20 bits per heavy atom. The number of rotatable bonds is 5. The van der Waals surface area contributed by atoms with Crippen LogP contribution in [0.1, 0.15) is 32.8 Å². The van der Waals surface area contributed by atoms with Crippen molar-refractivity contribution in [1.29, 1.82) is 0 Å². The van der Waals surface area contributed by atoms with Gasteiger partial charge >= 0.3 is 12.1 Å². The average molecular weight is 290 g/mol. The van der Waals surface area contributed by atoms with Crippen molar-refractivity contribution < 1.29 is 27.4 Å². The molecule has 0 saturated carbocycles. The van der Waals surface area contributed by atoms with Crippen molar-refractivity contribution in [1.82, 2.24) is 0 Å². The van der Waals surface area contributed by atoms with Crippen molar-refractivity contribution in [2.75, 3.05) is 0 Å². The topological polar surface area (TPSA) is 35.5 Å². The van der Waals surface area contributed by atoms with E-state index in [-0.39, 0.29) is 11.9 Å². The molecular weight excluding hydrogens is 273 g/mol. The SMILES string of the molecule is CCC(Oc1ccc(C(F)(F)F)cc1)C(=O)OC(C)C. The van der Waals surface area contributed by atoms with Gasteiger partial charge in [0.1, 0.15) is 5.75 Å². The molecule has 0 aliphatic rings. The average Bonchev–Trinajstić information content (AvgIpc) is 2.34. The van der Waals surface area contributed by atoms with Gasteiger partial charge in [-0.05, 0) is 44.5 Å². The lowest BCUT2D eigenvalue weighted by atomic mass is 10.2. The summed E-state index contributed by atoms with van der Waals surface area (Å²) in [6, 6.07) is 4.20. The molecule has 0 aliphatic heterocycles. The smallest absolute Gasteiger partial charge is 0.416 e. The van der Waals surface area contributed by atoms with E-state index in [0.717, 1.165) is 12.1 Å². The normalized spacial score (nSPS) is 13.2. The molecule has 0 fully saturated rings. The van der Waals surface area contributed by atoms with Gasteiger partial charge in [0.25, 0.3) is 0 Å². The van der Waals surface area contributed by atoms with Crippen molar-refractivity contribution in [3.63, 3.8) is 0 Å². The van der Waals surface area contributed by atoms with Gasteiger partial charge in [-0.25, -0.2) is 4.79 Å². The van der Waals surface area contributed by atoms with E-state index < -0.39 is 23.8 Å². The van der Waals surface area contributed by atoms with E-state index in [0.29, 0.717) is 6.42 Å². The highest BCUT2D eigenvalue weighted by atomic mass is 19.4. The van der Waals surface area contributed by atoms with Gasteiger partial charge in [-0.15, -0.1) is 0 Å². The summed E-state index contributed by atoms with van der Waals surface area (Å²) in [5, 5.41) is 0. The highest BCUT2D eigenvalue weighted by Gasteiger charge is 2.30. The highest BCUT2D eigenvalue weighted by Crippen LogP contribution is 2.30. The molecule has 20 heavy (non-hydrogen) atoms. The fourth-order valence-electron chi connectivity index (χ4n) is 1.49. The first-order valence-electron chi connectivity index (χ1n) is 6.28. The number of carbonyl (C=O) groups is 1. The quantitative estimate of drug-likeness (QED) is 0.773. The molecule has 0 bridgehead atoms. The highest BCUT2D eigenvalue weighted by molar-refractivity contribution is 5.75. The first kappa shape index (κ1) is 16.3. The van der Waals surface area contributed by atoms with E-state index in [1.807, 2.05) is 0 Å². The molecular formula is C14H17F3O3. The third-order valence-corrected chi connectivity index (χ3v) is 2.45. The number of benzene rings is 1. The molecule has 0 heterocycles. The van der Waals surface area contributed by atoms with Gasteiger partial charge in [-0.3, -0.25) is 0 Å². The molecule has 1 aromatic carbocycles. The molecule has 1 rings (SSSR count). The summed E-state index contributed by atoms with van der Waals surface area (Å²) in [5.74, 6) is -0.326. The van der Waals surface area contributed by atoms with Crippen LogP contribution in [0.3, 0.4) is 0 Å². The van der Waals surface area contributed by atoms with Gasteiger partial charge in [0.05, 0.1) is 11.7 Å². The Kier molecular flexibility index (Phi) is 5.42. The number of carbonyl (C=O) groups excluding carboxylic acids is 1. The summed E-state index contributed by atoms with van der Waals surface area (Å²) in [6.07, 6.45) is -5.12. The predicted molar refractivity (Wildman–Crippen MR) is 67.4 cm³/mol. The molecule has 6 heteroatoms. The van der Waals surface area contributed by atoms with Crippen LogP contribution in [-0.2, 0) is 15.7 Å². The van der Waals surface area contributed by atoms with Gasteiger partial charge < -0.3 is 9.47 Å². The summed E-state index contributed by atoms with van der Waals surface area (Å²) in [4.78, 5) is 11.7. The largest absolute Gasteiger partial charge is 0.479 e. The summed E-state index contributed by atoms with van der Waals surface area (Å²) in [6.45, 7) is 5.15. The summed E-state index contributed by atoms with van der Waals surface area (Å²) in [5.41, 5.74) is -0.761. The minimum atomic E-state index is -4.39. The third kappa shape index (κ3) is 4.75. The Balaban J connectivity index is 2.73. The Bertz CT molecular complexity index is 438. The van der Waals surface area contributed by atoms with Crippen LogP contribution < -0.4 is 4.74 Å². The molecule has 1 unspecified atom stereocenters. The van der Waals surface area contributed by atoms with Crippen molar-refractivity contribution >= 4 is 5.97 Å². The van der Waals surface area contributed by atoms with Gasteiger partial charge in [0.2, 0.25) is 0 Å². The molecule has 0 N–H and O–H groups in total. The second-order valence-electron chi connectivity index (χ2n) is 4.52.